The van der Waals surface area contributed by atoms with E-state index in [4.69, 9.17) is 9.47 Å². The van der Waals surface area contributed by atoms with Crippen LogP contribution in [0.15, 0.2) is 48.5 Å². The molecule has 2 rings (SSSR count). The third-order valence-electron chi connectivity index (χ3n) is 3.77. The van der Waals surface area contributed by atoms with Gasteiger partial charge in [-0.3, -0.25) is 4.79 Å². The number of benzene rings is 2. The van der Waals surface area contributed by atoms with E-state index in [0.29, 0.717) is 22.6 Å². The van der Waals surface area contributed by atoms with E-state index in [9.17, 15) is 18.0 Å². The van der Waals surface area contributed by atoms with Gasteiger partial charge in [-0.15, -0.1) is 13.2 Å². The topological polar surface area (TPSA) is 56.8 Å². The van der Waals surface area contributed by atoms with E-state index in [2.05, 4.69) is 10.1 Å². The Balaban J connectivity index is 1.99. The lowest BCUT2D eigenvalue weighted by Gasteiger charge is -2.14. The number of halogens is 3. The Morgan fingerprint density at radius 3 is 2.07 bits per heavy atom. The minimum Gasteiger partial charge on any atom is -0.497 e. The summed E-state index contributed by atoms with van der Waals surface area (Å²) in [5.41, 5.74) is 1.35. The Labute approximate surface area is 160 Å². The molecule has 0 aliphatic carbocycles. The van der Waals surface area contributed by atoms with Gasteiger partial charge in [0.1, 0.15) is 17.2 Å². The molecule has 2 aromatic rings. The smallest absolute Gasteiger partial charge is 0.497 e. The van der Waals surface area contributed by atoms with E-state index in [-0.39, 0.29) is 11.7 Å². The first-order valence-electron chi connectivity index (χ1n) is 8.27. The fourth-order valence-electron chi connectivity index (χ4n) is 2.40. The number of carbonyl (C=O) groups is 1. The Kier molecular flexibility index (Phi) is 6.92. The maximum absolute atomic E-state index is 12.2. The lowest BCUT2D eigenvalue weighted by atomic mass is 10.1. The first-order valence-corrected chi connectivity index (χ1v) is 8.27. The van der Waals surface area contributed by atoms with Crippen LogP contribution >= 0.6 is 0 Å². The van der Waals surface area contributed by atoms with Gasteiger partial charge in [-0.1, -0.05) is 12.1 Å². The van der Waals surface area contributed by atoms with Crippen molar-refractivity contribution in [1.29, 1.82) is 0 Å². The predicted octanol–water partition coefficient (Wildman–Crippen LogP) is 4.49. The van der Waals surface area contributed by atoms with Crippen molar-refractivity contribution in [3.8, 4) is 17.2 Å². The highest BCUT2D eigenvalue weighted by Crippen LogP contribution is 2.25. The highest BCUT2D eigenvalue weighted by Gasteiger charge is 2.31. The van der Waals surface area contributed by atoms with Crippen molar-refractivity contribution in [2.24, 2.45) is 0 Å². The molecule has 0 spiro atoms. The number of amides is 1. The van der Waals surface area contributed by atoms with Gasteiger partial charge >= 0.3 is 6.36 Å². The van der Waals surface area contributed by atoms with Gasteiger partial charge in [-0.2, -0.15) is 0 Å². The summed E-state index contributed by atoms with van der Waals surface area (Å²) in [6.07, 6.45) is -1.78. The van der Waals surface area contributed by atoms with Gasteiger partial charge in [-0.05, 0) is 48.4 Å². The molecule has 0 fully saturated rings. The number of rotatable bonds is 7. The standard InChI is InChI=1S/C20H20F3NO4/c1-13(15-5-7-16(8-6-15)28-20(21,22)23)24-19(25)9-4-14-10-17(26-2)12-18(11-14)27-3/h4-13H,1-3H3,(H,24,25)/b9-4+. The van der Waals surface area contributed by atoms with Crippen molar-refractivity contribution >= 4 is 12.0 Å². The summed E-state index contributed by atoms with van der Waals surface area (Å²) in [4.78, 5) is 12.1. The molecular formula is C20H20F3NO4. The number of alkyl halides is 3. The molecule has 150 valence electrons. The van der Waals surface area contributed by atoms with E-state index >= 15 is 0 Å². The number of hydrogen-bond donors (Lipinski definition) is 1. The number of nitrogens with one attached hydrogen (secondary N) is 1. The number of methoxy groups -OCH3 is 2. The average Bonchev–Trinajstić information content (AvgIpc) is 2.65. The molecule has 0 aliphatic heterocycles. The predicted molar refractivity (Wildman–Crippen MR) is 98.3 cm³/mol. The van der Waals surface area contributed by atoms with Gasteiger partial charge in [0, 0.05) is 12.1 Å². The molecule has 0 heterocycles. The van der Waals surface area contributed by atoms with E-state index in [1.165, 1.54) is 44.6 Å². The van der Waals surface area contributed by atoms with Crippen LogP contribution in [-0.2, 0) is 4.79 Å². The molecule has 1 N–H and O–H groups in total. The summed E-state index contributed by atoms with van der Waals surface area (Å²) in [5, 5.41) is 2.74. The van der Waals surface area contributed by atoms with Crippen LogP contribution in [0.1, 0.15) is 24.1 Å². The SMILES string of the molecule is COc1cc(/C=C/C(=O)NC(C)c2ccc(OC(F)(F)F)cc2)cc(OC)c1. The van der Waals surface area contributed by atoms with E-state index < -0.39 is 12.4 Å². The van der Waals surface area contributed by atoms with Crippen molar-refractivity contribution in [2.45, 2.75) is 19.3 Å². The molecule has 0 aliphatic rings. The molecule has 28 heavy (non-hydrogen) atoms. The second-order valence-electron chi connectivity index (χ2n) is 5.83. The summed E-state index contributed by atoms with van der Waals surface area (Å²) >= 11 is 0. The van der Waals surface area contributed by atoms with Crippen molar-refractivity contribution < 1.29 is 32.2 Å². The molecule has 0 bridgehead atoms. The second kappa shape index (κ2) is 9.16. The Morgan fingerprint density at radius 2 is 1.57 bits per heavy atom. The molecule has 1 unspecified atom stereocenters. The third kappa shape index (κ3) is 6.53. The van der Waals surface area contributed by atoms with Crippen LogP contribution in [0.2, 0.25) is 0 Å². The van der Waals surface area contributed by atoms with Crippen LogP contribution < -0.4 is 19.5 Å². The number of ether oxygens (including phenoxy) is 3. The normalized spacial score (nSPS) is 12.5. The highest BCUT2D eigenvalue weighted by atomic mass is 19.4. The van der Waals surface area contributed by atoms with Gasteiger partial charge in [0.25, 0.3) is 0 Å². The largest absolute Gasteiger partial charge is 0.573 e. The maximum atomic E-state index is 12.2. The van der Waals surface area contributed by atoms with E-state index in [0.717, 1.165) is 0 Å². The Hall–Kier alpha value is -3.16. The first-order chi connectivity index (χ1) is 13.2. The number of carbonyl (C=O) groups excluding carboxylic acids is 1. The molecule has 0 saturated carbocycles. The molecule has 0 saturated heterocycles. The summed E-state index contributed by atoms with van der Waals surface area (Å²) in [5.74, 6) is 0.509. The number of hydrogen-bond acceptors (Lipinski definition) is 4. The van der Waals surface area contributed by atoms with Crippen molar-refractivity contribution in [1.82, 2.24) is 5.32 Å². The fourth-order valence-corrected chi connectivity index (χ4v) is 2.40. The van der Waals surface area contributed by atoms with Crippen molar-refractivity contribution in [3.63, 3.8) is 0 Å². The van der Waals surface area contributed by atoms with Crippen LogP contribution in [0.3, 0.4) is 0 Å². The lowest BCUT2D eigenvalue weighted by molar-refractivity contribution is -0.274. The summed E-state index contributed by atoms with van der Waals surface area (Å²) < 4.78 is 50.7. The van der Waals surface area contributed by atoms with Crippen molar-refractivity contribution in [2.75, 3.05) is 14.2 Å². The first kappa shape index (κ1) is 21.1. The minimum atomic E-state index is -4.74. The van der Waals surface area contributed by atoms with Crippen molar-refractivity contribution in [3.05, 3.63) is 59.7 Å². The van der Waals surface area contributed by atoms with E-state index in [1.807, 2.05) is 0 Å². The zero-order valence-corrected chi connectivity index (χ0v) is 15.5. The van der Waals surface area contributed by atoms with Gasteiger partial charge in [0.05, 0.1) is 20.3 Å². The summed E-state index contributed by atoms with van der Waals surface area (Å²) in [6.45, 7) is 1.72. The zero-order chi connectivity index (χ0) is 20.7. The lowest BCUT2D eigenvalue weighted by Crippen LogP contribution is -2.24. The molecule has 0 radical (unpaired) electrons. The molecule has 0 aromatic heterocycles. The minimum absolute atomic E-state index is 0.318. The summed E-state index contributed by atoms with van der Waals surface area (Å²) in [6, 6.07) is 10.1. The van der Waals surface area contributed by atoms with Crippen LogP contribution in [0.4, 0.5) is 13.2 Å². The molecule has 1 atom stereocenters. The molecular weight excluding hydrogens is 375 g/mol. The zero-order valence-electron chi connectivity index (χ0n) is 15.5. The maximum Gasteiger partial charge on any atom is 0.573 e. The van der Waals surface area contributed by atoms with Gasteiger partial charge < -0.3 is 19.5 Å². The molecule has 1 amide bonds. The Morgan fingerprint density at radius 1 is 1.00 bits per heavy atom. The highest BCUT2D eigenvalue weighted by molar-refractivity contribution is 5.92. The quantitative estimate of drug-likeness (QED) is 0.702. The average molecular weight is 395 g/mol. The van der Waals surface area contributed by atoms with Crippen LogP contribution in [-0.4, -0.2) is 26.5 Å². The van der Waals surface area contributed by atoms with Crippen LogP contribution in [0.5, 0.6) is 17.2 Å². The Bertz CT molecular complexity index is 810. The van der Waals surface area contributed by atoms with Gasteiger partial charge in [0.2, 0.25) is 5.91 Å². The van der Waals surface area contributed by atoms with Crippen LogP contribution in [0.25, 0.3) is 6.08 Å². The monoisotopic (exact) mass is 395 g/mol. The molecule has 5 nitrogen and oxygen atoms in total. The fraction of sp³-hybridized carbons (Fsp3) is 0.250. The van der Waals surface area contributed by atoms with Gasteiger partial charge in [0.15, 0.2) is 0 Å². The van der Waals surface area contributed by atoms with Gasteiger partial charge in [-0.25, -0.2) is 0 Å². The molecule has 8 heteroatoms. The van der Waals surface area contributed by atoms with E-state index in [1.54, 1.807) is 31.2 Å². The van der Waals surface area contributed by atoms with Crippen LogP contribution in [0, 0.1) is 0 Å². The summed E-state index contributed by atoms with van der Waals surface area (Å²) in [7, 11) is 3.06. The molecule has 2 aromatic carbocycles. The third-order valence-corrected chi connectivity index (χ3v) is 3.77. The second-order valence-corrected chi connectivity index (χ2v) is 5.83.